The van der Waals surface area contributed by atoms with E-state index >= 15 is 0 Å². The molecule has 0 aromatic heterocycles. The topological polar surface area (TPSA) is 17.1 Å². The first-order valence-electron chi connectivity index (χ1n) is 8.68. The van der Waals surface area contributed by atoms with Gasteiger partial charge < -0.3 is 4.48 Å². The lowest BCUT2D eigenvalue weighted by atomic mass is 9.80. The number of rotatable bonds is 5. The van der Waals surface area contributed by atoms with Gasteiger partial charge in [0.1, 0.15) is 6.54 Å². The van der Waals surface area contributed by atoms with Crippen molar-refractivity contribution in [2.45, 2.75) is 65.8 Å². The summed E-state index contributed by atoms with van der Waals surface area (Å²) >= 11 is 0. The van der Waals surface area contributed by atoms with Gasteiger partial charge in [-0.25, -0.2) is 0 Å². The molecule has 0 N–H and O–H groups in total. The van der Waals surface area contributed by atoms with Gasteiger partial charge in [0.25, 0.3) is 0 Å². The van der Waals surface area contributed by atoms with Crippen molar-refractivity contribution in [3.63, 3.8) is 0 Å². The van der Waals surface area contributed by atoms with Gasteiger partial charge in [-0.1, -0.05) is 12.1 Å². The van der Waals surface area contributed by atoms with Crippen molar-refractivity contribution in [3.8, 4) is 0 Å². The Morgan fingerprint density at radius 3 is 1.86 bits per heavy atom. The Morgan fingerprint density at radius 1 is 0.864 bits per heavy atom. The lowest BCUT2D eigenvalue weighted by molar-refractivity contribution is -0.936. The zero-order valence-electron chi connectivity index (χ0n) is 15.4. The first kappa shape index (κ1) is 17.2. The minimum atomic E-state index is -0.366. The van der Waals surface area contributed by atoms with Gasteiger partial charge in [0, 0.05) is 16.4 Å². The van der Waals surface area contributed by atoms with E-state index in [1.807, 2.05) is 0 Å². The maximum atomic E-state index is 12.8. The number of nitrogens with zero attached hydrogens (tertiary/aromatic N) is 1. The molecule has 0 radical (unpaired) electrons. The molecule has 0 bridgehead atoms. The molecule has 22 heavy (non-hydrogen) atoms. The average Bonchev–Trinajstić information content (AvgIpc) is 2.63. The van der Waals surface area contributed by atoms with Crippen molar-refractivity contribution in [2.75, 3.05) is 19.6 Å². The van der Waals surface area contributed by atoms with Gasteiger partial charge in [-0.3, -0.25) is 4.79 Å². The molecule has 0 atom stereocenters. The highest BCUT2D eigenvalue weighted by atomic mass is 16.1. The van der Waals surface area contributed by atoms with Crippen molar-refractivity contribution in [3.05, 3.63) is 34.9 Å². The van der Waals surface area contributed by atoms with E-state index in [4.69, 9.17) is 0 Å². The van der Waals surface area contributed by atoms with Crippen LogP contribution in [0.2, 0.25) is 0 Å². The molecule has 0 saturated heterocycles. The highest BCUT2D eigenvalue weighted by Gasteiger charge is 2.50. The fourth-order valence-corrected chi connectivity index (χ4v) is 4.17. The normalized spacial score (nSPS) is 19.3. The van der Waals surface area contributed by atoms with Crippen molar-refractivity contribution in [1.82, 2.24) is 0 Å². The van der Waals surface area contributed by atoms with Crippen molar-refractivity contribution in [2.24, 2.45) is 0 Å². The second-order valence-corrected chi connectivity index (χ2v) is 7.91. The molecule has 0 saturated carbocycles. The summed E-state index contributed by atoms with van der Waals surface area (Å²) in [6, 6.07) is 6.74. The highest BCUT2D eigenvalue weighted by molar-refractivity contribution is 6.02. The monoisotopic (exact) mass is 302 g/mol. The van der Waals surface area contributed by atoms with E-state index in [1.165, 1.54) is 16.7 Å². The second-order valence-electron chi connectivity index (χ2n) is 7.91. The van der Waals surface area contributed by atoms with E-state index in [1.54, 1.807) is 0 Å². The fraction of sp³-hybridized carbons (Fsp3) is 0.650. The van der Waals surface area contributed by atoms with Crippen LogP contribution in [0.15, 0.2) is 18.2 Å². The first-order valence-corrected chi connectivity index (χ1v) is 8.68. The molecule has 0 fully saturated rings. The summed E-state index contributed by atoms with van der Waals surface area (Å²) in [4.78, 5) is 12.8. The van der Waals surface area contributed by atoms with Crippen molar-refractivity contribution < 1.29 is 9.28 Å². The van der Waals surface area contributed by atoms with Crippen molar-refractivity contribution >= 4 is 5.78 Å². The molecular weight excluding hydrogens is 270 g/mol. The maximum absolute atomic E-state index is 12.8. The van der Waals surface area contributed by atoms with Crippen LogP contribution in [0.5, 0.6) is 0 Å². The number of Topliss-reactive ketones (excluding diaryl/α,β-unsaturated/α-hetero) is 1. The predicted octanol–water partition coefficient (Wildman–Crippen LogP) is 4.20. The third-order valence-electron chi connectivity index (χ3n) is 6.10. The Balaban J connectivity index is 2.46. The van der Waals surface area contributed by atoms with Gasteiger partial charge in [-0.15, -0.1) is 0 Å². The Morgan fingerprint density at radius 2 is 1.36 bits per heavy atom. The summed E-state index contributed by atoms with van der Waals surface area (Å²) in [5, 5.41) is 0. The van der Waals surface area contributed by atoms with Gasteiger partial charge in [-0.2, -0.15) is 0 Å². The zero-order chi connectivity index (χ0) is 16.8. The zero-order valence-corrected chi connectivity index (χ0v) is 15.4. The molecule has 2 rings (SSSR count). The summed E-state index contributed by atoms with van der Waals surface area (Å²) in [5.74, 6) is 0.342. The van der Waals surface area contributed by atoms with Gasteiger partial charge in [0.2, 0.25) is 0 Å². The smallest absolute Gasteiger partial charge is 0.152 e. The lowest BCUT2D eigenvalue weighted by Crippen LogP contribution is -2.46. The molecule has 1 aliphatic rings. The van der Waals surface area contributed by atoms with Crippen LogP contribution in [0.4, 0.5) is 0 Å². The summed E-state index contributed by atoms with van der Waals surface area (Å²) < 4.78 is 1.11. The molecule has 0 spiro atoms. The number of carbonyl (C=O) groups is 1. The van der Waals surface area contributed by atoms with Crippen molar-refractivity contribution in [1.29, 1.82) is 0 Å². The predicted molar refractivity (Wildman–Crippen MR) is 93.1 cm³/mol. The molecule has 2 heteroatoms. The lowest BCUT2D eigenvalue weighted by Gasteiger charge is -2.36. The average molecular weight is 302 g/mol. The van der Waals surface area contributed by atoms with Crippen LogP contribution in [0.3, 0.4) is 0 Å². The van der Waals surface area contributed by atoms with Crippen LogP contribution in [-0.4, -0.2) is 29.9 Å². The number of quaternary nitrogens is 1. The largest absolute Gasteiger partial charge is 0.321 e. The molecule has 0 unspecified atom stereocenters. The van der Waals surface area contributed by atoms with Crippen LogP contribution in [0, 0.1) is 0 Å². The molecule has 2 nitrogen and oxygen atoms in total. The Labute approximate surface area is 136 Å². The van der Waals surface area contributed by atoms with Crippen LogP contribution < -0.4 is 0 Å². The number of ketones is 1. The van der Waals surface area contributed by atoms with E-state index in [-0.39, 0.29) is 10.8 Å². The molecule has 0 heterocycles. The Hall–Kier alpha value is -1.15. The highest BCUT2D eigenvalue weighted by Crippen LogP contribution is 2.46. The number of hydrogen-bond acceptors (Lipinski definition) is 1. The minimum absolute atomic E-state index is 0.342. The van der Waals surface area contributed by atoms with Crippen LogP contribution >= 0.6 is 0 Å². The Bertz CT molecular complexity index is 571. The summed E-state index contributed by atoms with van der Waals surface area (Å²) in [5.41, 5.74) is 3.09. The maximum Gasteiger partial charge on any atom is 0.152 e. The third-order valence-corrected chi connectivity index (χ3v) is 6.10. The van der Waals surface area contributed by atoms with Crippen LogP contribution in [-0.2, 0) is 22.2 Å². The molecule has 0 aliphatic heterocycles. The van der Waals surface area contributed by atoms with Crippen LogP contribution in [0.25, 0.3) is 0 Å². The summed E-state index contributed by atoms with van der Waals surface area (Å²) in [6.45, 7) is 19.6. The fourth-order valence-electron chi connectivity index (χ4n) is 4.17. The molecule has 0 amide bonds. The summed E-state index contributed by atoms with van der Waals surface area (Å²) in [6.07, 6.45) is 0. The summed E-state index contributed by atoms with van der Waals surface area (Å²) in [7, 11) is 0. The van der Waals surface area contributed by atoms with E-state index in [0.717, 1.165) is 30.7 Å². The first-order chi connectivity index (χ1) is 10.1. The molecule has 122 valence electrons. The van der Waals surface area contributed by atoms with E-state index in [0.29, 0.717) is 5.78 Å². The second kappa shape index (κ2) is 5.49. The van der Waals surface area contributed by atoms with E-state index < -0.39 is 0 Å². The minimum Gasteiger partial charge on any atom is -0.321 e. The Kier molecular flexibility index (Phi) is 4.29. The standard InChI is InChI=1S/C20H32NO/c1-8-21(9-2,10-3)14-15-11-12-16-17(13-15)20(6,7)18(22)19(16,4)5/h11-13H,8-10,14H2,1-7H3/q+1. The van der Waals surface area contributed by atoms with Gasteiger partial charge in [0.05, 0.1) is 19.6 Å². The quantitative estimate of drug-likeness (QED) is 0.745. The van der Waals surface area contributed by atoms with Gasteiger partial charge >= 0.3 is 0 Å². The molecule has 1 aromatic rings. The van der Waals surface area contributed by atoms with Gasteiger partial charge in [-0.05, 0) is 65.7 Å². The number of fused-ring (bicyclic) bond motifs is 1. The molecular formula is C20H32NO+. The van der Waals surface area contributed by atoms with Gasteiger partial charge in [0.15, 0.2) is 5.78 Å². The third kappa shape index (κ3) is 2.42. The van der Waals surface area contributed by atoms with E-state index in [9.17, 15) is 4.79 Å². The number of carbonyl (C=O) groups excluding carboxylic acids is 1. The number of benzene rings is 1. The molecule has 1 aliphatic carbocycles. The number of hydrogen-bond donors (Lipinski definition) is 0. The van der Waals surface area contributed by atoms with Crippen LogP contribution in [0.1, 0.15) is 65.2 Å². The van der Waals surface area contributed by atoms with E-state index in [2.05, 4.69) is 66.7 Å². The molecule has 1 aromatic carbocycles. The SMILES string of the molecule is CC[N+](CC)(CC)Cc1ccc2c(c1)C(C)(C)C(=O)C2(C)C.